The zero-order valence-corrected chi connectivity index (χ0v) is 15.6. The number of nitrogens with zero attached hydrogens (tertiary/aromatic N) is 5. The van der Waals surface area contributed by atoms with Gasteiger partial charge in [0.1, 0.15) is 6.04 Å². The monoisotopic (exact) mass is 382 g/mol. The molecule has 1 unspecified atom stereocenters. The summed E-state index contributed by atoms with van der Waals surface area (Å²) in [5.74, 6) is -0.181. The van der Waals surface area contributed by atoms with Crippen molar-refractivity contribution in [3.63, 3.8) is 0 Å². The number of piperazine rings is 1. The lowest BCUT2D eigenvalue weighted by molar-refractivity contribution is -0.123. The molecule has 10 nitrogen and oxygen atoms in total. The lowest BCUT2D eigenvalue weighted by Crippen LogP contribution is -2.53. The van der Waals surface area contributed by atoms with E-state index in [1.54, 1.807) is 4.90 Å². The van der Waals surface area contributed by atoms with Gasteiger partial charge in [-0.25, -0.2) is 18.4 Å². The largest absolute Gasteiger partial charge is 0.307 e. The molecule has 11 heteroatoms. The van der Waals surface area contributed by atoms with Gasteiger partial charge in [-0.1, -0.05) is 0 Å². The van der Waals surface area contributed by atoms with Gasteiger partial charge in [0.15, 0.2) is 0 Å². The number of amides is 2. The summed E-state index contributed by atoms with van der Waals surface area (Å²) in [4.78, 5) is 36.1. The fourth-order valence-electron chi connectivity index (χ4n) is 3.10. The van der Waals surface area contributed by atoms with Crippen LogP contribution in [0.2, 0.25) is 0 Å². The van der Waals surface area contributed by atoms with Gasteiger partial charge in [-0.3, -0.25) is 14.5 Å². The normalized spacial score (nSPS) is 22.2. The van der Waals surface area contributed by atoms with E-state index < -0.39 is 16.1 Å². The number of aromatic nitrogens is 2. The Hall–Kier alpha value is -2.11. The Bertz CT molecular complexity index is 797. The van der Waals surface area contributed by atoms with Crippen molar-refractivity contribution < 1.29 is 18.0 Å². The van der Waals surface area contributed by atoms with Crippen LogP contribution in [-0.2, 0) is 19.6 Å². The summed E-state index contributed by atoms with van der Waals surface area (Å²) < 4.78 is 24.6. The molecule has 1 N–H and O–H groups in total. The van der Waals surface area contributed by atoms with E-state index in [9.17, 15) is 18.0 Å². The van der Waals surface area contributed by atoms with Crippen molar-refractivity contribution in [1.29, 1.82) is 0 Å². The van der Waals surface area contributed by atoms with Gasteiger partial charge < -0.3 is 10.2 Å². The molecule has 2 fully saturated rings. The molecule has 2 saturated heterocycles. The van der Waals surface area contributed by atoms with E-state index in [1.165, 1.54) is 24.3 Å². The molecule has 3 heterocycles. The molecule has 3 rings (SSSR count). The summed E-state index contributed by atoms with van der Waals surface area (Å²) in [7, 11) is -2.07. The van der Waals surface area contributed by atoms with Crippen LogP contribution in [0, 0.1) is 0 Å². The highest BCUT2D eigenvalue weighted by Crippen LogP contribution is 2.23. The quantitative estimate of drug-likeness (QED) is 0.695. The molecule has 2 aliphatic rings. The van der Waals surface area contributed by atoms with E-state index >= 15 is 0 Å². The highest BCUT2D eigenvalue weighted by molar-refractivity contribution is 7.88. The first-order valence-electron chi connectivity index (χ1n) is 8.36. The van der Waals surface area contributed by atoms with Crippen LogP contribution in [0.3, 0.4) is 0 Å². The van der Waals surface area contributed by atoms with Gasteiger partial charge in [0.05, 0.1) is 30.9 Å². The minimum Gasteiger partial charge on any atom is -0.307 e. The number of piperidine rings is 1. The number of carbonyl (C=O) groups excluding carboxylic acids is 2. The van der Waals surface area contributed by atoms with Crippen molar-refractivity contribution in [2.24, 2.45) is 0 Å². The third-order valence-corrected chi connectivity index (χ3v) is 5.94. The van der Waals surface area contributed by atoms with Gasteiger partial charge in [0.2, 0.25) is 27.8 Å². The third kappa shape index (κ3) is 3.69. The van der Waals surface area contributed by atoms with Gasteiger partial charge >= 0.3 is 0 Å². The van der Waals surface area contributed by atoms with E-state index in [-0.39, 0.29) is 24.3 Å². The molecule has 0 aromatic carbocycles. The van der Waals surface area contributed by atoms with E-state index in [0.717, 1.165) is 10.6 Å². The molecule has 2 amide bonds. The summed E-state index contributed by atoms with van der Waals surface area (Å²) in [6, 6.07) is -0.753. The Morgan fingerprint density at radius 1 is 1.19 bits per heavy atom. The van der Waals surface area contributed by atoms with Crippen LogP contribution in [-0.4, -0.2) is 80.0 Å². The maximum Gasteiger partial charge on any atom is 0.247 e. The molecule has 1 aromatic rings. The predicted molar refractivity (Wildman–Crippen MR) is 95.2 cm³/mol. The van der Waals surface area contributed by atoms with Crippen molar-refractivity contribution in [3.05, 3.63) is 12.4 Å². The highest BCUT2D eigenvalue weighted by atomic mass is 32.2. The van der Waals surface area contributed by atoms with Crippen LogP contribution in [0.1, 0.15) is 12.8 Å². The first-order chi connectivity index (χ1) is 12.3. The Labute approximate surface area is 152 Å². The average Bonchev–Trinajstić information content (AvgIpc) is 2.61. The second-order valence-corrected chi connectivity index (χ2v) is 8.43. The maximum atomic E-state index is 12.7. The molecule has 0 bridgehead atoms. The van der Waals surface area contributed by atoms with E-state index in [1.807, 2.05) is 0 Å². The number of anilines is 2. The minimum atomic E-state index is -3.47. The molecular weight excluding hydrogens is 360 g/mol. The number of hydrogen-bond donors (Lipinski definition) is 1. The molecule has 1 atom stereocenters. The van der Waals surface area contributed by atoms with Gasteiger partial charge in [-0.05, 0) is 12.8 Å². The second-order valence-electron chi connectivity index (χ2n) is 6.39. The molecule has 2 aliphatic heterocycles. The van der Waals surface area contributed by atoms with Crippen LogP contribution in [0.25, 0.3) is 0 Å². The summed E-state index contributed by atoms with van der Waals surface area (Å²) in [6.07, 6.45) is 5.23. The summed E-state index contributed by atoms with van der Waals surface area (Å²) >= 11 is 0. The number of carbonyl (C=O) groups is 2. The number of likely N-dealkylation sites (N-methyl/N-ethyl adjacent to an activating group) is 1. The van der Waals surface area contributed by atoms with Gasteiger partial charge in [-0.2, -0.15) is 4.31 Å². The van der Waals surface area contributed by atoms with Gasteiger partial charge in [0.25, 0.3) is 0 Å². The molecule has 1 aromatic heterocycles. The molecule has 0 radical (unpaired) electrons. The van der Waals surface area contributed by atoms with E-state index in [4.69, 9.17) is 0 Å². The molecule has 0 spiro atoms. The van der Waals surface area contributed by atoms with Crippen molar-refractivity contribution in [1.82, 2.24) is 19.6 Å². The van der Waals surface area contributed by atoms with Crippen LogP contribution in [0.4, 0.5) is 11.6 Å². The first kappa shape index (κ1) is 18.7. The minimum absolute atomic E-state index is 0.0588. The Morgan fingerprint density at radius 3 is 2.50 bits per heavy atom. The lowest BCUT2D eigenvalue weighted by atomic mass is 10.1. The first-order valence-corrected chi connectivity index (χ1v) is 10.2. The van der Waals surface area contributed by atoms with Crippen LogP contribution >= 0.6 is 0 Å². The molecular formula is C15H22N6O4S. The van der Waals surface area contributed by atoms with Crippen molar-refractivity contribution in [2.75, 3.05) is 49.3 Å². The topological polar surface area (TPSA) is 116 Å². The molecule has 142 valence electrons. The SMILES string of the molecule is CN(C1CCCN(c2ncc(N3CCNCC3=O)cn2)C1=O)S(C)(=O)=O. The zero-order chi connectivity index (χ0) is 18.9. The highest BCUT2D eigenvalue weighted by Gasteiger charge is 2.37. The summed E-state index contributed by atoms with van der Waals surface area (Å²) in [6.45, 7) is 1.92. The average molecular weight is 382 g/mol. The number of nitrogens with one attached hydrogen (secondary N) is 1. The van der Waals surface area contributed by atoms with Crippen molar-refractivity contribution in [2.45, 2.75) is 18.9 Å². The summed E-state index contributed by atoms with van der Waals surface area (Å²) in [5, 5.41) is 2.99. The Balaban J connectivity index is 1.78. The zero-order valence-electron chi connectivity index (χ0n) is 14.8. The Morgan fingerprint density at radius 2 is 1.88 bits per heavy atom. The van der Waals surface area contributed by atoms with E-state index in [0.29, 0.717) is 38.2 Å². The van der Waals surface area contributed by atoms with Crippen molar-refractivity contribution >= 4 is 33.5 Å². The third-order valence-electron chi connectivity index (χ3n) is 4.64. The van der Waals surface area contributed by atoms with Crippen molar-refractivity contribution in [3.8, 4) is 0 Å². The van der Waals surface area contributed by atoms with Crippen LogP contribution < -0.4 is 15.1 Å². The smallest absolute Gasteiger partial charge is 0.247 e. The Kier molecular flexibility index (Phi) is 5.21. The molecule has 26 heavy (non-hydrogen) atoms. The fourth-order valence-corrected chi connectivity index (χ4v) is 3.75. The molecule has 0 saturated carbocycles. The maximum absolute atomic E-state index is 12.7. The standard InChI is InChI=1S/C15H22N6O4S/c1-19(26(2,24)25)12-4-3-6-21(14(12)23)15-17-8-11(9-18-15)20-7-5-16-10-13(20)22/h8-9,12,16H,3-7,10H2,1-2H3. The van der Waals surface area contributed by atoms with Crippen LogP contribution in [0.5, 0.6) is 0 Å². The molecule has 0 aliphatic carbocycles. The lowest BCUT2D eigenvalue weighted by Gasteiger charge is -2.34. The number of hydrogen-bond acceptors (Lipinski definition) is 7. The fraction of sp³-hybridized carbons (Fsp3) is 0.600. The van der Waals surface area contributed by atoms with Crippen LogP contribution in [0.15, 0.2) is 12.4 Å². The van der Waals surface area contributed by atoms with Gasteiger partial charge in [-0.15, -0.1) is 0 Å². The predicted octanol–water partition coefficient (Wildman–Crippen LogP) is -1.20. The number of sulfonamides is 1. The summed E-state index contributed by atoms with van der Waals surface area (Å²) in [5.41, 5.74) is 0.578. The van der Waals surface area contributed by atoms with E-state index in [2.05, 4.69) is 15.3 Å². The second kappa shape index (κ2) is 7.25. The van der Waals surface area contributed by atoms with Gasteiger partial charge in [0, 0.05) is 26.7 Å². The number of rotatable bonds is 4.